The van der Waals surface area contributed by atoms with Crippen molar-refractivity contribution in [3.8, 4) is 5.75 Å². The first-order valence-corrected chi connectivity index (χ1v) is 12.6. The summed E-state index contributed by atoms with van der Waals surface area (Å²) in [5.74, 6) is -2.10. The zero-order valence-electron chi connectivity index (χ0n) is 20.7. The summed E-state index contributed by atoms with van der Waals surface area (Å²) in [5.41, 5.74) is 0.190. The largest absolute Gasteiger partial charge is 1.00 e. The van der Waals surface area contributed by atoms with E-state index in [1.54, 1.807) is 6.92 Å². The van der Waals surface area contributed by atoms with E-state index < -0.39 is 37.8 Å². The van der Waals surface area contributed by atoms with Crippen molar-refractivity contribution in [2.45, 2.75) is 16.7 Å². The predicted molar refractivity (Wildman–Crippen MR) is 127 cm³/mol. The van der Waals surface area contributed by atoms with E-state index in [1.807, 2.05) is 0 Å². The number of azo groups is 1. The third kappa shape index (κ3) is 8.07. The van der Waals surface area contributed by atoms with Gasteiger partial charge in [0.15, 0.2) is 11.6 Å². The van der Waals surface area contributed by atoms with Crippen LogP contribution in [-0.4, -0.2) is 28.0 Å². The number of nitrogens with zero attached hydrogens (tertiary/aromatic N) is 4. The van der Waals surface area contributed by atoms with Gasteiger partial charge in [-0.2, -0.15) is 23.1 Å². The van der Waals surface area contributed by atoms with Crippen molar-refractivity contribution in [2.75, 3.05) is 5.32 Å². The van der Waals surface area contributed by atoms with Crippen LogP contribution in [0.4, 0.5) is 31.7 Å². The fourth-order valence-corrected chi connectivity index (χ4v) is 4.58. The maximum atomic E-state index is 13.6. The summed E-state index contributed by atoms with van der Waals surface area (Å²) < 4.78 is 66.3. The van der Waals surface area contributed by atoms with Crippen molar-refractivity contribution >= 4 is 67.4 Å². The number of fused-ring (bicyclic) bond motifs is 1. The molecule has 0 radical (unpaired) electrons. The third-order valence-corrected chi connectivity index (χ3v) is 6.71. The fraction of sp³-hybridized carbons (Fsp3) is 0.0476. The topological polar surface area (TPSA) is 181 Å². The van der Waals surface area contributed by atoms with Crippen LogP contribution in [0.5, 0.6) is 5.75 Å². The number of aromatic nitrogens is 2. The Hall–Kier alpha value is -1.51. The van der Waals surface area contributed by atoms with E-state index in [2.05, 4.69) is 34.9 Å². The molecule has 0 amide bonds. The van der Waals surface area contributed by atoms with Crippen LogP contribution in [0.25, 0.3) is 10.8 Å². The van der Waals surface area contributed by atoms with Gasteiger partial charge >= 0.3 is 65.2 Å². The van der Waals surface area contributed by atoms with Gasteiger partial charge in [0.25, 0.3) is 0 Å². The molecule has 19 heteroatoms. The molecule has 0 bridgehead atoms. The van der Waals surface area contributed by atoms with Crippen LogP contribution >= 0.6 is 23.6 Å². The zero-order chi connectivity index (χ0) is 27.6. The third-order valence-electron chi connectivity index (χ3n) is 4.89. The van der Waals surface area contributed by atoms with Gasteiger partial charge in [-0.15, -0.1) is 10.2 Å². The number of aromatic hydroxyl groups is 1. The summed E-state index contributed by atoms with van der Waals surface area (Å²) >= 11 is 6.13. The van der Waals surface area contributed by atoms with Gasteiger partial charge in [0.1, 0.15) is 26.5 Å². The molecule has 4 rings (SSSR count). The van der Waals surface area contributed by atoms with E-state index in [9.17, 15) is 32.1 Å². The molecule has 2 N–H and O–H groups in total. The Balaban J connectivity index is 0.00000280. The Kier molecular flexibility index (Phi) is 12.7. The van der Waals surface area contributed by atoms with Crippen molar-refractivity contribution in [1.82, 2.24) is 9.97 Å². The van der Waals surface area contributed by atoms with E-state index in [0.29, 0.717) is 23.0 Å². The van der Waals surface area contributed by atoms with E-state index in [1.165, 1.54) is 36.4 Å². The van der Waals surface area contributed by atoms with Crippen molar-refractivity contribution in [3.63, 3.8) is 0 Å². The number of hydrogen-bond acceptors (Lipinski definition) is 13. The second-order valence-electron chi connectivity index (χ2n) is 7.42. The quantitative estimate of drug-likeness (QED) is 0.0352. The molecule has 0 aliphatic rings. The van der Waals surface area contributed by atoms with Crippen LogP contribution in [0.2, 0.25) is 5.02 Å². The molecule has 0 saturated heterocycles. The zero-order valence-corrected chi connectivity index (χ0v) is 27.1. The Labute approximate surface area is 278 Å². The van der Waals surface area contributed by atoms with Crippen molar-refractivity contribution in [2.24, 2.45) is 10.2 Å². The first kappa shape index (κ1) is 34.7. The molecule has 0 atom stereocenters. The number of anilines is 2. The molecule has 0 spiro atoms. The Morgan fingerprint density at radius 3 is 2.50 bits per heavy atom. The number of rotatable bonds is 8. The van der Waals surface area contributed by atoms with Gasteiger partial charge in [0.2, 0.25) is 5.95 Å². The molecule has 0 aliphatic carbocycles. The van der Waals surface area contributed by atoms with Gasteiger partial charge in [0, 0.05) is 11.1 Å². The van der Waals surface area contributed by atoms with Crippen LogP contribution in [0.15, 0.2) is 62.5 Å². The van der Waals surface area contributed by atoms with Crippen molar-refractivity contribution in [3.05, 3.63) is 65.1 Å². The molecule has 40 heavy (non-hydrogen) atoms. The Morgan fingerprint density at radius 2 is 1.82 bits per heavy atom. The summed E-state index contributed by atoms with van der Waals surface area (Å²) in [4.78, 5) is 5.64. The number of halogens is 3. The molecule has 12 nitrogen and oxygen atoms in total. The Morgan fingerprint density at radius 1 is 1.10 bits per heavy atom. The van der Waals surface area contributed by atoms with Crippen molar-refractivity contribution < 1.29 is 101 Å². The molecule has 0 fully saturated rings. The van der Waals surface area contributed by atoms with E-state index in [0.717, 1.165) is 6.07 Å². The van der Waals surface area contributed by atoms with Crippen LogP contribution < -0.4 is 69.7 Å². The van der Waals surface area contributed by atoms with Crippen LogP contribution in [0.1, 0.15) is 5.56 Å². The standard InChI is InChI=1S/C21H14ClF2N5O7S2.2Na/c1-9-2-5-13(15(6-9)38(32,33)34)28-29-17-14(37-36-35-31)8-10-7-11(3-4-12(10)18(17)30)25-20-16(22)19(23)26-21(24)27-20;;/h2-8,30-31H,1H3,(H,25,26,27)(H,32,33,34);;/q;2*+1/p-2. The molecule has 198 valence electrons. The van der Waals surface area contributed by atoms with Gasteiger partial charge in [-0.05, 0) is 54.3 Å². The molecular formula is C21H12ClF2N5Na2O7S2. The van der Waals surface area contributed by atoms with Crippen LogP contribution in [-0.2, 0) is 19.5 Å². The van der Waals surface area contributed by atoms with Gasteiger partial charge in [-0.3, -0.25) is 5.04 Å². The van der Waals surface area contributed by atoms with E-state index in [4.69, 9.17) is 11.6 Å². The predicted octanol–water partition coefficient (Wildman–Crippen LogP) is -1.12. The van der Waals surface area contributed by atoms with E-state index in [-0.39, 0.29) is 92.3 Å². The molecule has 1 heterocycles. The monoisotopic (exact) mass is 629 g/mol. The smallest absolute Gasteiger partial charge is 0.744 e. The maximum absolute atomic E-state index is 13.6. The number of phenols is 1. The molecule has 0 unspecified atom stereocenters. The normalized spacial score (nSPS) is 11.3. The number of phenolic OH excluding ortho intramolecular Hbond substituents is 1. The molecule has 3 aromatic carbocycles. The average molecular weight is 630 g/mol. The summed E-state index contributed by atoms with van der Waals surface area (Å²) in [6, 6.07) is 9.54. The molecule has 0 saturated carbocycles. The summed E-state index contributed by atoms with van der Waals surface area (Å²) in [5, 5.41) is 34.9. The summed E-state index contributed by atoms with van der Waals surface area (Å²) in [7, 11) is -4.90. The average Bonchev–Trinajstić information content (AvgIpc) is 2.85. The summed E-state index contributed by atoms with van der Waals surface area (Å²) in [6.45, 7) is 1.58. The SMILES string of the molecule is Cc1ccc(N=Nc2c(SOO[O-])cc3cc(Nc4nc(F)nc(F)c4Cl)ccc3c2O)c(S(=O)(=O)[O-])c1.[Na+].[Na+]. The van der Waals surface area contributed by atoms with Gasteiger partial charge in [0.05, 0.1) is 21.8 Å². The molecule has 4 aromatic rings. The minimum absolute atomic E-state index is 0. The first-order chi connectivity index (χ1) is 18.0. The second-order valence-corrected chi connectivity index (χ2v) is 9.89. The van der Waals surface area contributed by atoms with Crippen LogP contribution in [0.3, 0.4) is 0 Å². The summed E-state index contributed by atoms with van der Waals surface area (Å²) in [6.07, 6.45) is -1.35. The number of nitrogens with one attached hydrogen (secondary N) is 1. The molecular weight excluding hydrogens is 618 g/mol. The van der Waals surface area contributed by atoms with Gasteiger partial charge in [-0.25, -0.2) is 8.42 Å². The first-order valence-electron chi connectivity index (χ1n) is 10.0. The fourth-order valence-electron chi connectivity index (χ4n) is 3.26. The van der Waals surface area contributed by atoms with E-state index >= 15 is 0 Å². The van der Waals surface area contributed by atoms with Gasteiger partial charge < -0.3 is 20.2 Å². The Bertz CT molecular complexity index is 1700. The molecule has 1 aromatic heterocycles. The van der Waals surface area contributed by atoms with Crippen LogP contribution in [0, 0.1) is 18.9 Å². The maximum Gasteiger partial charge on any atom is 1.00 e. The molecule has 0 aliphatic heterocycles. The minimum atomic E-state index is -4.90. The number of hydrogen-bond donors (Lipinski definition) is 2. The minimum Gasteiger partial charge on any atom is -0.744 e. The number of benzene rings is 3. The van der Waals surface area contributed by atoms with Crippen molar-refractivity contribution in [1.29, 1.82) is 0 Å². The number of aryl methyl sites for hydroxylation is 1. The second kappa shape index (κ2) is 14.6. The van der Waals surface area contributed by atoms with Gasteiger partial charge in [-0.1, -0.05) is 17.7 Å².